The number of hydrogen-bond acceptors (Lipinski definition) is 6. The van der Waals surface area contributed by atoms with Gasteiger partial charge in [0, 0.05) is 74.5 Å². The second kappa shape index (κ2) is 9.29. The molecule has 1 aromatic heterocycles. The molecule has 2 saturated heterocycles. The first-order valence-electron chi connectivity index (χ1n) is 14.5. The summed E-state index contributed by atoms with van der Waals surface area (Å²) in [6, 6.07) is 26.8. The third kappa shape index (κ3) is 3.94. The molecule has 0 atom stereocenters. The number of aromatic nitrogens is 2. The van der Waals surface area contributed by atoms with Crippen molar-refractivity contribution < 1.29 is 0 Å². The van der Waals surface area contributed by atoms with Crippen LogP contribution in [0.4, 0.5) is 11.4 Å². The summed E-state index contributed by atoms with van der Waals surface area (Å²) < 4.78 is 0. The molecule has 2 fully saturated rings. The first kappa shape index (κ1) is 23.9. The van der Waals surface area contributed by atoms with Gasteiger partial charge >= 0.3 is 0 Å². The molecule has 0 aliphatic carbocycles. The lowest BCUT2D eigenvalue weighted by molar-refractivity contribution is 0.313. The minimum absolute atomic E-state index is 0.948. The highest BCUT2D eigenvalue weighted by Gasteiger charge is 2.20. The first-order chi connectivity index (χ1) is 19.6. The maximum Gasteiger partial charge on any atom is 0.0979 e. The van der Waals surface area contributed by atoms with Gasteiger partial charge in [-0.1, -0.05) is 36.4 Å². The molecule has 8 rings (SSSR count). The summed E-state index contributed by atoms with van der Waals surface area (Å²) in [5, 5.41) is 7.29. The third-order valence-electron chi connectivity index (χ3n) is 9.08. The second-order valence-electron chi connectivity index (χ2n) is 11.6. The molecule has 2 aliphatic rings. The zero-order valence-corrected chi connectivity index (χ0v) is 23.3. The summed E-state index contributed by atoms with van der Waals surface area (Å²) in [5.41, 5.74) is 6.47. The topological polar surface area (TPSA) is 38.7 Å². The lowest BCUT2D eigenvalue weighted by Gasteiger charge is -2.34. The fourth-order valence-corrected chi connectivity index (χ4v) is 6.56. The maximum atomic E-state index is 5.28. The van der Waals surface area contributed by atoms with E-state index in [1.165, 1.54) is 43.7 Å². The van der Waals surface area contributed by atoms with Gasteiger partial charge < -0.3 is 19.6 Å². The molecule has 2 aliphatic heterocycles. The zero-order chi connectivity index (χ0) is 26.8. The van der Waals surface area contributed by atoms with Crippen molar-refractivity contribution in [1.29, 1.82) is 0 Å². The monoisotopic (exact) mass is 526 g/mol. The Morgan fingerprint density at radius 1 is 0.475 bits per heavy atom. The summed E-state index contributed by atoms with van der Waals surface area (Å²) in [6.45, 7) is 8.58. The maximum absolute atomic E-state index is 5.28. The molecule has 0 saturated carbocycles. The summed E-state index contributed by atoms with van der Waals surface area (Å²) >= 11 is 0. The molecule has 200 valence electrons. The Balaban J connectivity index is 1.39. The van der Waals surface area contributed by atoms with Crippen molar-refractivity contribution in [3.8, 4) is 0 Å². The van der Waals surface area contributed by atoms with Crippen LogP contribution in [-0.2, 0) is 0 Å². The van der Waals surface area contributed by atoms with E-state index in [1.54, 1.807) is 0 Å². The average Bonchev–Trinajstić information content (AvgIpc) is 2.99. The van der Waals surface area contributed by atoms with Crippen molar-refractivity contribution in [1.82, 2.24) is 19.8 Å². The average molecular weight is 527 g/mol. The molecule has 0 bridgehead atoms. The number of piperazine rings is 2. The van der Waals surface area contributed by atoms with Gasteiger partial charge in [0.25, 0.3) is 0 Å². The molecule has 3 heterocycles. The molecule has 0 amide bonds. The minimum atomic E-state index is 0.948. The standard InChI is InChI=1S/C34H34N6/c1-37-11-15-39(16-12-37)25-7-9-27-29(21-25)30-22-26(40-17-13-38(2)14-18-40)8-10-28(30)34-33(27)35-31-19-23-5-3-4-6-24(23)20-32(31)36-34/h3-10,19-22H,11-18H2,1-2H3. The number of nitrogens with zero attached hydrogens (tertiary/aromatic N) is 6. The number of anilines is 2. The highest BCUT2D eigenvalue weighted by molar-refractivity contribution is 6.25. The van der Waals surface area contributed by atoms with Crippen molar-refractivity contribution >= 4 is 65.8 Å². The van der Waals surface area contributed by atoms with Crippen LogP contribution in [0.2, 0.25) is 0 Å². The van der Waals surface area contributed by atoms with E-state index < -0.39 is 0 Å². The molecule has 5 aromatic carbocycles. The van der Waals surface area contributed by atoms with Crippen LogP contribution in [0.1, 0.15) is 0 Å². The number of hydrogen-bond donors (Lipinski definition) is 0. The van der Waals surface area contributed by atoms with Gasteiger partial charge in [0.2, 0.25) is 0 Å². The number of rotatable bonds is 2. The second-order valence-corrected chi connectivity index (χ2v) is 11.6. The van der Waals surface area contributed by atoms with Crippen LogP contribution in [0.3, 0.4) is 0 Å². The predicted molar refractivity (Wildman–Crippen MR) is 169 cm³/mol. The van der Waals surface area contributed by atoms with E-state index in [4.69, 9.17) is 9.97 Å². The Kier molecular flexibility index (Phi) is 5.54. The van der Waals surface area contributed by atoms with E-state index in [2.05, 4.69) is 106 Å². The quantitative estimate of drug-likeness (QED) is 0.211. The van der Waals surface area contributed by atoms with E-state index in [9.17, 15) is 0 Å². The van der Waals surface area contributed by atoms with Crippen molar-refractivity contribution in [2.24, 2.45) is 0 Å². The highest BCUT2D eigenvalue weighted by atomic mass is 15.3. The van der Waals surface area contributed by atoms with Crippen LogP contribution in [-0.4, -0.2) is 86.2 Å². The van der Waals surface area contributed by atoms with Gasteiger partial charge in [-0.3, -0.25) is 0 Å². The largest absolute Gasteiger partial charge is 0.369 e. The van der Waals surface area contributed by atoms with Gasteiger partial charge in [0.1, 0.15) is 0 Å². The molecule has 6 aromatic rings. The molecular formula is C34H34N6. The van der Waals surface area contributed by atoms with Crippen LogP contribution in [0, 0.1) is 0 Å². The summed E-state index contributed by atoms with van der Waals surface area (Å²) in [7, 11) is 4.42. The molecule has 0 spiro atoms. The number of likely N-dealkylation sites (N-methyl/N-ethyl adjacent to an activating group) is 2. The Hall–Kier alpha value is -4.00. The van der Waals surface area contributed by atoms with Crippen LogP contribution in [0.5, 0.6) is 0 Å². The lowest BCUT2D eigenvalue weighted by Crippen LogP contribution is -2.44. The Labute approximate surface area is 234 Å². The zero-order valence-electron chi connectivity index (χ0n) is 23.3. The van der Waals surface area contributed by atoms with Crippen LogP contribution in [0.25, 0.3) is 54.4 Å². The smallest absolute Gasteiger partial charge is 0.0979 e. The van der Waals surface area contributed by atoms with E-state index in [1.807, 2.05) is 0 Å². The normalized spacial score (nSPS) is 17.6. The van der Waals surface area contributed by atoms with E-state index >= 15 is 0 Å². The van der Waals surface area contributed by atoms with Crippen molar-refractivity contribution in [3.63, 3.8) is 0 Å². The van der Waals surface area contributed by atoms with Gasteiger partial charge in [-0.15, -0.1) is 0 Å². The minimum Gasteiger partial charge on any atom is -0.369 e. The first-order valence-corrected chi connectivity index (χ1v) is 14.5. The lowest BCUT2D eigenvalue weighted by atomic mass is 9.97. The molecule has 0 radical (unpaired) electrons. The molecule has 0 unspecified atom stereocenters. The highest BCUT2D eigenvalue weighted by Crippen LogP contribution is 2.38. The van der Waals surface area contributed by atoms with E-state index in [-0.39, 0.29) is 0 Å². The van der Waals surface area contributed by atoms with E-state index in [0.717, 1.165) is 74.4 Å². The third-order valence-corrected chi connectivity index (χ3v) is 9.08. The van der Waals surface area contributed by atoms with Gasteiger partial charge in [-0.2, -0.15) is 0 Å². The predicted octanol–water partition coefficient (Wildman–Crippen LogP) is 5.75. The van der Waals surface area contributed by atoms with E-state index in [0.29, 0.717) is 0 Å². The van der Waals surface area contributed by atoms with Crippen LogP contribution in [0.15, 0.2) is 72.8 Å². The molecule has 0 N–H and O–H groups in total. The summed E-state index contributed by atoms with van der Waals surface area (Å²) in [5.74, 6) is 0. The summed E-state index contributed by atoms with van der Waals surface area (Å²) in [6.07, 6.45) is 0. The molecule has 6 nitrogen and oxygen atoms in total. The Morgan fingerprint density at radius 3 is 1.32 bits per heavy atom. The van der Waals surface area contributed by atoms with Gasteiger partial charge in [-0.25, -0.2) is 9.97 Å². The molecular weight excluding hydrogens is 492 g/mol. The van der Waals surface area contributed by atoms with Gasteiger partial charge in [-0.05, 0) is 72.0 Å². The van der Waals surface area contributed by atoms with Gasteiger partial charge in [0.05, 0.1) is 22.1 Å². The fourth-order valence-electron chi connectivity index (χ4n) is 6.56. The molecule has 40 heavy (non-hydrogen) atoms. The number of fused-ring (bicyclic) bond motifs is 8. The SMILES string of the molecule is CN1CCN(c2ccc3c(c2)c2cc(N4CCN(C)CC4)ccc2c2nc4cc5ccccc5cc4nc32)CC1. The molecule has 6 heteroatoms. The number of benzene rings is 5. The van der Waals surface area contributed by atoms with Crippen LogP contribution >= 0.6 is 0 Å². The van der Waals surface area contributed by atoms with Gasteiger partial charge in [0.15, 0.2) is 0 Å². The Bertz CT molecular complexity index is 1780. The van der Waals surface area contributed by atoms with Crippen molar-refractivity contribution in [3.05, 3.63) is 72.8 Å². The fraction of sp³-hybridized carbons (Fsp3) is 0.294. The Morgan fingerprint density at radius 2 is 0.900 bits per heavy atom. The van der Waals surface area contributed by atoms with Crippen molar-refractivity contribution in [2.45, 2.75) is 0 Å². The summed E-state index contributed by atoms with van der Waals surface area (Å²) in [4.78, 5) is 20.4. The van der Waals surface area contributed by atoms with Crippen LogP contribution < -0.4 is 9.80 Å². The van der Waals surface area contributed by atoms with Crippen molar-refractivity contribution in [2.75, 3.05) is 76.3 Å².